The molecule has 1 heterocycles. The highest BCUT2D eigenvalue weighted by Crippen LogP contribution is 2.22. The Morgan fingerprint density at radius 3 is 2.45 bits per heavy atom. The number of hydrogen-bond donors (Lipinski definition) is 1. The van der Waals surface area contributed by atoms with Crippen LogP contribution in [0.5, 0.6) is 5.75 Å². The Morgan fingerprint density at radius 1 is 1.15 bits per heavy atom. The number of hydrogen-bond acceptors (Lipinski definition) is 3. The third kappa shape index (κ3) is 4.36. The monoisotopic (exact) mass is 289 g/mol. The number of rotatable bonds is 7. The van der Waals surface area contributed by atoms with Gasteiger partial charge >= 0.3 is 0 Å². The van der Waals surface area contributed by atoms with E-state index < -0.39 is 0 Å². The summed E-state index contributed by atoms with van der Waals surface area (Å²) in [7, 11) is 0. The molecule has 2 aromatic rings. The lowest BCUT2D eigenvalue weighted by molar-refractivity contribution is 0.242. The van der Waals surface area contributed by atoms with Gasteiger partial charge in [0.25, 0.3) is 0 Å². The molecular weight excluding hydrogens is 266 g/mol. The zero-order chi connectivity index (χ0) is 14.4. The molecule has 0 aliphatic carbocycles. The van der Waals surface area contributed by atoms with Crippen molar-refractivity contribution in [1.29, 1.82) is 0 Å². The molecule has 0 spiro atoms. The quantitative estimate of drug-likeness (QED) is 0.814. The van der Waals surface area contributed by atoms with Gasteiger partial charge in [0.1, 0.15) is 5.75 Å². The predicted octanol–water partition coefficient (Wildman–Crippen LogP) is 4.43. The smallest absolute Gasteiger partial charge is 0.119 e. The Labute approximate surface area is 125 Å². The Morgan fingerprint density at radius 2 is 1.90 bits per heavy atom. The van der Waals surface area contributed by atoms with Crippen molar-refractivity contribution in [2.75, 3.05) is 6.54 Å². The number of likely N-dealkylation sites (N-methyl/N-ethyl adjacent to an activating group) is 1. The van der Waals surface area contributed by atoms with Gasteiger partial charge < -0.3 is 10.1 Å². The fourth-order valence-electron chi connectivity index (χ4n) is 2.25. The van der Waals surface area contributed by atoms with Crippen molar-refractivity contribution < 1.29 is 4.74 Å². The Balaban J connectivity index is 2.08. The number of benzene rings is 1. The van der Waals surface area contributed by atoms with Crippen molar-refractivity contribution in [1.82, 2.24) is 5.32 Å². The lowest BCUT2D eigenvalue weighted by Crippen LogP contribution is -2.22. The summed E-state index contributed by atoms with van der Waals surface area (Å²) in [6.45, 7) is 7.22. The highest BCUT2D eigenvalue weighted by molar-refractivity contribution is 7.07. The molecule has 2 nitrogen and oxygen atoms in total. The lowest BCUT2D eigenvalue weighted by Gasteiger charge is -2.18. The molecule has 0 aliphatic heterocycles. The molecule has 2 rings (SSSR count). The highest BCUT2D eigenvalue weighted by atomic mass is 32.1. The summed E-state index contributed by atoms with van der Waals surface area (Å²) in [6, 6.07) is 11.0. The van der Waals surface area contributed by atoms with Crippen LogP contribution in [0.15, 0.2) is 41.1 Å². The van der Waals surface area contributed by atoms with Gasteiger partial charge in [0.2, 0.25) is 0 Å². The zero-order valence-corrected chi connectivity index (χ0v) is 13.2. The molecule has 0 amide bonds. The molecule has 0 saturated carbocycles. The Hall–Kier alpha value is -1.32. The van der Waals surface area contributed by atoms with E-state index in [1.807, 2.05) is 13.8 Å². The molecule has 1 aromatic carbocycles. The molecule has 0 fully saturated rings. The van der Waals surface area contributed by atoms with Gasteiger partial charge in [-0.25, -0.2) is 0 Å². The molecule has 1 atom stereocenters. The summed E-state index contributed by atoms with van der Waals surface area (Å²) in [6.07, 6.45) is 1.25. The van der Waals surface area contributed by atoms with Crippen LogP contribution in [0.2, 0.25) is 0 Å². The van der Waals surface area contributed by atoms with Crippen LogP contribution in [0.4, 0.5) is 0 Å². The molecule has 0 bridgehead atoms. The maximum atomic E-state index is 5.70. The summed E-state index contributed by atoms with van der Waals surface area (Å²) in [4.78, 5) is 0. The third-order valence-corrected chi connectivity index (χ3v) is 3.86. The number of nitrogens with one attached hydrogen (secondary N) is 1. The van der Waals surface area contributed by atoms with Crippen molar-refractivity contribution in [3.8, 4) is 5.75 Å². The molecule has 20 heavy (non-hydrogen) atoms. The molecule has 1 N–H and O–H groups in total. The molecule has 0 radical (unpaired) electrons. The molecular formula is C17H23NOS. The SMILES string of the molecule is CCNC(Cc1ccsc1)c1ccc(OC(C)C)cc1. The fourth-order valence-corrected chi connectivity index (χ4v) is 2.93. The summed E-state index contributed by atoms with van der Waals surface area (Å²) in [5.74, 6) is 0.939. The van der Waals surface area contributed by atoms with Crippen LogP contribution >= 0.6 is 11.3 Å². The zero-order valence-electron chi connectivity index (χ0n) is 12.4. The van der Waals surface area contributed by atoms with E-state index >= 15 is 0 Å². The van der Waals surface area contributed by atoms with Crippen molar-refractivity contribution >= 4 is 11.3 Å². The van der Waals surface area contributed by atoms with Gasteiger partial charge in [-0.15, -0.1) is 0 Å². The first kappa shape index (κ1) is 15.1. The highest BCUT2D eigenvalue weighted by Gasteiger charge is 2.11. The van der Waals surface area contributed by atoms with Gasteiger partial charge in [-0.2, -0.15) is 11.3 Å². The summed E-state index contributed by atoms with van der Waals surface area (Å²) < 4.78 is 5.70. The Kier molecular flexibility index (Phi) is 5.62. The predicted molar refractivity (Wildman–Crippen MR) is 86.6 cm³/mol. The van der Waals surface area contributed by atoms with Crippen molar-refractivity contribution in [2.24, 2.45) is 0 Å². The minimum absolute atomic E-state index is 0.219. The second-order valence-corrected chi connectivity index (χ2v) is 5.96. The van der Waals surface area contributed by atoms with Gasteiger partial charge in [-0.3, -0.25) is 0 Å². The second-order valence-electron chi connectivity index (χ2n) is 5.18. The molecule has 108 valence electrons. The molecule has 1 aromatic heterocycles. The van der Waals surface area contributed by atoms with Crippen LogP contribution in [0.25, 0.3) is 0 Å². The van der Waals surface area contributed by atoms with E-state index in [0.717, 1.165) is 18.7 Å². The third-order valence-electron chi connectivity index (χ3n) is 3.12. The number of ether oxygens (including phenoxy) is 1. The first-order valence-electron chi connectivity index (χ1n) is 7.20. The fraction of sp³-hybridized carbons (Fsp3) is 0.412. The topological polar surface area (TPSA) is 21.3 Å². The average molecular weight is 289 g/mol. The summed E-state index contributed by atoms with van der Waals surface area (Å²) >= 11 is 1.76. The van der Waals surface area contributed by atoms with E-state index in [-0.39, 0.29) is 6.10 Å². The molecule has 1 unspecified atom stereocenters. The molecule has 0 aliphatic rings. The lowest BCUT2D eigenvalue weighted by atomic mass is 10.0. The Bertz CT molecular complexity index is 490. The van der Waals surface area contributed by atoms with Crippen LogP contribution in [-0.4, -0.2) is 12.6 Å². The van der Waals surface area contributed by atoms with Gasteiger partial charge in [-0.1, -0.05) is 19.1 Å². The second kappa shape index (κ2) is 7.46. The maximum absolute atomic E-state index is 5.70. The van der Waals surface area contributed by atoms with Crippen molar-refractivity contribution in [2.45, 2.75) is 39.3 Å². The average Bonchev–Trinajstić information content (AvgIpc) is 2.91. The van der Waals surface area contributed by atoms with Gasteiger partial charge in [0, 0.05) is 6.04 Å². The number of thiophene rings is 1. The first-order chi connectivity index (χ1) is 9.69. The maximum Gasteiger partial charge on any atom is 0.119 e. The van der Waals surface area contributed by atoms with Gasteiger partial charge in [0.15, 0.2) is 0 Å². The minimum atomic E-state index is 0.219. The van der Waals surface area contributed by atoms with Crippen LogP contribution in [0.1, 0.15) is 37.9 Å². The summed E-state index contributed by atoms with van der Waals surface area (Å²) in [5.41, 5.74) is 2.71. The van der Waals surface area contributed by atoms with Crippen LogP contribution in [0, 0.1) is 0 Å². The van der Waals surface area contributed by atoms with E-state index in [1.165, 1.54) is 11.1 Å². The van der Waals surface area contributed by atoms with Crippen LogP contribution in [-0.2, 0) is 6.42 Å². The molecule has 0 saturated heterocycles. The van der Waals surface area contributed by atoms with E-state index in [4.69, 9.17) is 4.74 Å². The first-order valence-corrected chi connectivity index (χ1v) is 8.14. The van der Waals surface area contributed by atoms with E-state index in [1.54, 1.807) is 11.3 Å². The van der Waals surface area contributed by atoms with Crippen LogP contribution in [0.3, 0.4) is 0 Å². The minimum Gasteiger partial charge on any atom is -0.491 e. The largest absolute Gasteiger partial charge is 0.491 e. The van der Waals surface area contributed by atoms with Crippen molar-refractivity contribution in [3.63, 3.8) is 0 Å². The molecule has 3 heteroatoms. The van der Waals surface area contributed by atoms with Gasteiger partial charge in [-0.05, 0) is 66.9 Å². The van der Waals surface area contributed by atoms with E-state index in [0.29, 0.717) is 6.04 Å². The van der Waals surface area contributed by atoms with Crippen LogP contribution < -0.4 is 10.1 Å². The summed E-state index contributed by atoms with van der Waals surface area (Å²) in [5, 5.41) is 7.92. The standard InChI is InChI=1S/C17H23NOS/c1-4-18-17(11-14-9-10-20-12-14)15-5-7-16(8-6-15)19-13(2)3/h5-10,12-13,17-18H,4,11H2,1-3H3. The van der Waals surface area contributed by atoms with Crippen molar-refractivity contribution in [3.05, 3.63) is 52.2 Å². The normalized spacial score (nSPS) is 12.6. The van der Waals surface area contributed by atoms with Gasteiger partial charge in [0.05, 0.1) is 6.10 Å². The van der Waals surface area contributed by atoms with E-state index in [2.05, 4.69) is 53.3 Å². The van der Waals surface area contributed by atoms with E-state index in [9.17, 15) is 0 Å².